The Hall–Kier alpha value is -1.69. The maximum atomic E-state index is 12.0. The number of halogens is 2. The van der Waals surface area contributed by atoms with Gasteiger partial charge in [-0.05, 0) is 30.5 Å². The molecule has 6 heteroatoms. The van der Waals surface area contributed by atoms with Gasteiger partial charge in [-0.3, -0.25) is 4.79 Å². The van der Waals surface area contributed by atoms with Crippen LogP contribution in [-0.2, 0) is 11.3 Å². The normalized spacial score (nSPS) is 19.3. The molecule has 2 rings (SSSR count). The predicted octanol–water partition coefficient (Wildman–Crippen LogP) is 1.66. The third-order valence-corrected chi connectivity index (χ3v) is 2.99. The van der Waals surface area contributed by atoms with E-state index in [1.807, 2.05) is 0 Å². The van der Waals surface area contributed by atoms with Gasteiger partial charge < -0.3 is 15.4 Å². The molecule has 0 aromatic heterocycles. The van der Waals surface area contributed by atoms with Crippen molar-refractivity contribution in [3.8, 4) is 5.75 Å². The van der Waals surface area contributed by atoms with E-state index in [0.29, 0.717) is 6.54 Å². The Morgan fingerprint density at radius 2 is 2.11 bits per heavy atom. The molecular weight excluding hydrogens is 254 g/mol. The molecule has 1 aliphatic rings. The van der Waals surface area contributed by atoms with Crippen LogP contribution in [0.5, 0.6) is 5.75 Å². The highest BCUT2D eigenvalue weighted by Gasteiger charge is 2.20. The molecule has 1 fully saturated rings. The Bertz CT molecular complexity index is 423. The lowest BCUT2D eigenvalue weighted by Crippen LogP contribution is -2.47. The summed E-state index contributed by atoms with van der Waals surface area (Å²) in [6, 6.07) is 6.20. The van der Waals surface area contributed by atoms with Gasteiger partial charge >= 0.3 is 6.61 Å². The SMILES string of the molecule is O=C1NCCCC1NCc1ccc(OC(F)F)cc1. The summed E-state index contributed by atoms with van der Waals surface area (Å²) >= 11 is 0. The Labute approximate surface area is 110 Å². The Balaban J connectivity index is 1.84. The van der Waals surface area contributed by atoms with Gasteiger partial charge in [-0.25, -0.2) is 0 Å². The first-order valence-electron chi connectivity index (χ1n) is 6.20. The lowest BCUT2D eigenvalue weighted by molar-refractivity contribution is -0.124. The van der Waals surface area contributed by atoms with Crippen LogP contribution in [0.1, 0.15) is 18.4 Å². The zero-order valence-corrected chi connectivity index (χ0v) is 10.4. The molecule has 0 spiro atoms. The van der Waals surface area contributed by atoms with Crippen molar-refractivity contribution in [2.45, 2.75) is 32.0 Å². The summed E-state index contributed by atoms with van der Waals surface area (Å²) < 4.78 is 28.2. The number of hydrogen-bond donors (Lipinski definition) is 2. The summed E-state index contributed by atoms with van der Waals surface area (Å²) in [4.78, 5) is 11.5. The number of carbonyl (C=O) groups excluding carboxylic acids is 1. The molecule has 4 nitrogen and oxygen atoms in total. The van der Waals surface area contributed by atoms with Crippen LogP contribution in [0.3, 0.4) is 0 Å². The molecule has 1 unspecified atom stereocenters. The first kappa shape index (κ1) is 13.7. The first-order valence-corrected chi connectivity index (χ1v) is 6.20. The maximum absolute atomic E-state index is 12.0. The number of alkyl halides is 2. The van der Waals surface area contributed by atoms with Crippen molar-refractivity contribution in [3.05, 3.63) is 29.8 Å². The van der Waals surface area contributed by atoms with Crippen molar-refractivity contribution >= 4 is 5.91 Å². The lowest BCUT2D eigenvalue weighted by atomic mass is 10.1. The second-order valence-electron chi connectivity index (χ2n) is 4.39. The van der Waals surface area contributed by atoms with Crippen LogP contribution in [0, 0.1) is 0 Å². The van der Waals surface area contributed by atoms with Crippen molar-refractivity contribution in [1.82, 2.24) is 10.6 Å². The lowest BCUT2D eigenvalue weighted by Gasteiger charge is -2.22. The van der Waals surface area contributed by atoms with E-state index in [9.17, 15) is 13.6 Å². The van der Waals surface area contributed by atoms with Gasteiger partial charge in [0.05, 0.1) is 6.04 Å². The van der Waals surface area contributed by atoms with Gasteiger partial charge in [0.1, 0.15) is 5.75 Å². The predicted molar refractivity (Wildman–Crippen MR) is 65.9 cm³/mol. The second-order valence-corrected chi connectivity index (χ2v) is 4.39. The zero-order valence-electron chi connectivity index (χ0n) is 10.4. The van der Waals surface area contributed by atoms with Crippen molar-refractivity contribution in [2.24, 2.45) is 0 Å². The quantitative estimate of drug-likeness (QED) is 0.855. The standard InChI is InChI=1S/C13H16F2N2O2/c14-13(15)19-10-5-3-9(4-6-10)8-17-11-2-1-7-16-12(11)18/h3-6,11,13,17H,1-2,7-8H2,(H,16,18). The Kier molecular flexibility index (Phi) is 4.68. The summed E-state index contributed by atoms with van der Waals surface area (Å²) in [5.41, 5.74) is 0.917. The number of amides is 1. The minimum atomic E-state index is -2.81. The molecule has 1 aromatic rings. The molecule has 0 bridgehead atoms. The third kappa shape index (κ3) is 4.17. The van der Waals surface area contributed by atoms with Crippen molar-refractivity contribution in [3.63, 3.8) is 0 Å². The molecule has 1 saturated heterocycles. The molecule has 1 amide bonds. The van der Waals surface area contributed by atoms with Crippen molar-refractivity contribution in [2.75, 3.05) is 6.54 Å². The van der Waals surface area contributed by atoms with Crippen molar-refractivity contribution in [1.29, 1.82) is 0 Å². The minimum absolute atomic E-state index is 0.0175. The van der Waals surface area contributed by atoms with E-state index < -0.39 is 6.61 Å². The van der Waals surface area contributed by atoms with E-state index in [4.69, 9.17) is 0 Å². The highest BCUT2D eigenvalue weighted by atomic mass is 19.3. The number of nitrogens with one attached hydrogen (secondary N) is 2. The molecule has 1 aliphatic heterocycles. The highest BCUT2D eigenvalue weighted by molar-refractivity contribution is 5.82. The van der Waals surface area contributed by atoms with E-state index in [1.165, 1.54) is 12.1 Å². The summed E-state index contributed by atoms with van der Waals surface area (Å²) in [6.07, 6.45) is 1.78. The summed E-state index contributed by atoms with van der Waals surface area (Å²) in [5.74, 6) is 0.151. The van der Waals surface area contributed by atoms with Crippen LogP contribution < -0.4 is 15.4 Å². The highest BCUT2D eigenvalue weighted by Crippen LogP contribution is 2.15. The van der Waals surface area contributed by atoms with E-state index in [1.54, 1.807) is 12.1 Å². The molecule has 0 saturated carbocycles. The van der Waals surface area contributed by atoms with Crippen LogP contribution in [0.4, 0.5) is 8.78 Å². The van der Waals surface area contributed by atoms with Gasteiger partial charge in [-0.1, -0.05) is 12.1 Å². The Morgan fingerprint density at radius 3 is 2.74 bits per heavy atom. The molecule has 19 heavy (non-hydrogen) atoms. The number of benzene rings is 1. The van der Waals surface area contributed by atoms with E-state index in [-0.39, 0.29) is 17.7 Å². The summed E-state index contributed by atoms with van der Waals surface area (Å²) in [5, 5.41) is 5.94. The van der Waals surface area contributed by atoms with Gasteiger partial charge in [0.15, 0.2) is 0 Å². The molecule has 0 aliphatic carbocycles. The van der Waals surface area contributed by atoms with Gasteiger partial charge in [-0.15, -0.1) is 0 Å². The Morgan fingerprint density at radius 1 is 1.37 bits per heavy atom. The number of piperidine rings is 1. The van der Waals surface area contributed by atoms with Gasteiger partial charge in [0, 0.05) is 13.1 Å². The van der Waals surface area contributed by atoms with Crippen LogP contribution in [0.25, 0.3) is 0 Å². The van der Waals surface area contributed by atoms with Crippen molar-refractivity contribution < 1.29 is 18.3 Å². The number of hydrogen-bond acceptors (Lipinski definition) is 3. The van der Waals surface area contributed by atoms with Crippen LogP contribution >= 0.6 is 0 Å². The maximum Gasteiger partial charge on any atom is 0.387 e. The minimum Gasteiger partial charge on any atom is -0.435 e. The molecule has 1 heterocycles. The summed E-state index contributed by atoms with van der Waals surface area (Å²) in [7, 11) is 0. The second kappa shape index (κ2) is 6.47. The average molecular weight is 270 g/mol. The molecular formula is C13H16F2N2O2. The van der Waals surface area contributed by atoms with Crippen LogP contribution in [0.15, 0.2) is 24.3 Å². The molecule has 1 aromatic carbocycles. The monoisotopic (exact) mass is 270 g/mol. The van der Waals surface area contributed by atoms with Gasteiger partial charge in [0.25, 0.3) is 0 Å². The van der Waals surface area contributed by atoms with E-state index in [2.05, 4.69) is 15.4 Å². The zero-order chi connectivity index (χ0) is 13.7. The molecule has 104 valence electrons. The smallest absolute Gasteiger partial charge is 0.387 e. The average Bonchev–Trinajstić information content (AvgIpc) is 2.39. The van der Waals surface area contributed by atoms with Gasteiger partial charge in [-0.2, -0.15) is 8.78 Å². The fraction of sp³-hybridized carbons (Fsp3) is 0.462. The van der Waals surface area contributed by atoms with E-state index >= 15 is 0 Å². The van der Waals surface area contributed by atoms with Crippen LogP contribution in [0.2, 0.25) is 0 Å². The van der Waals surface area contributed by atoms with E-state index in [0.717, 1.165) is 24.9 Å². The number of carbonyl (C=O) groups is 1. The van der Waals surface area contributed by atoms with Crippen LogP contribution in [-0.4, -0.2) is 25.1 Å². The summed E-state index contributed by atoms with van der Waals surface area (Å²) in [6.45, 7) is -1.56. The molecule has 0 radical (unpaired) electrons. The number of rotatable bonds is 5. The molecule has 2 N–H and O–H groups in total. The third-order valence-electron chi connectivity index (χ3n) is 2.99. The first-order chi connectivity index (χ1) is 9.15. The molecule has 1 atom stereocenters. The van der Waals surface area contributed by atoms with Gasteiger partial charge in [0.2, 0.25) is 5.91 Å². The topological polar surface area (TPSA) is 50.4 Å². The fourth-order valence-corrected chi connectivity index (χ4v) is 2.00. The number of ether oxygens (including phenoxy) is 1. The fourth-order valence-electron chi connectivity index (χ4n) is 2.00. The largest absolute Gasteiger partial charge is 0.435 e.